The fourth-order valence-electron chi connectivity index (χ4n) is 2.86. The average Bonchev–Trinajstić information content (AvgIpc) is 2.96. The lowest BCUT2D eigenvalue weighted by atomic mass is 9.74. The highest BCUT2D eigenvalue weighted by atomic mass is 16.4. The van der Waals surface area contributed by atoms with Crippen molar-refractivity contribution in [3.05, 3.63) is 23.7 Å². The van der Waals surface area contributed by atoms with Gasteiger partial charge >= 0.3 is 5.97 Å². The third-order valence-corrected chi connectivity index (χ3v) is 4.64. The molecule has 0 atom stereocenters. The number of hydrogen-bond acceptors (Lipinski definition) is 3. The summed E-state index contributed by atoms with van der Waals surface area (Å²) in [4.78, 5) is 24.8. The van der Waals surface area contributed by atoms with E-state index in [-0.39, 0.29) is 17.4 Å². The molecule has 0 radical (unpaired) electrons. The van der Waals surface area contributed by atoms with Gasteiger partial charge < -0.3 is 14.4 Å². The number of carbonyl (C=O) groups excluding carboxylic acids is 1. The lowest BCUT2D eigenvalue weighted by molar-refractivity contribution is 0.0523. The van der Waals surface area contributed by atoms with Crippen molar-refractivity contribution in [1.29, 1.82) is 0 Å². The average molecular weight is 279 g/mol. The van der Waals surface area contributed by atoms with E-state index in [0.29, 0.717) is 18.5 Å². The Balaban J connectivity index is 2.02. The SMILES string of the molecule is CCC1(CC)CCN(C(=O)c2ccc(C(=O)O)o2)CC1. The number of likely N-dealkylation sites (tertiary alicyclic amines) is 1. The van der Waals surface area contributed by atoms with Crippen LogP contribution in [0.25, 0.3) is 0 Å². The summed E-state index contributed by atoms with van der Waals surface area (Å²) in [5, 5.41) is 8.80. The number of nitrogens with zero attached hydrogens (tertiary/aromatic N) is 1. The molecule has 0 bridgehead atoms. The van der Waals surface area contributed by atoms with Crippen LogP contribution >= 0.6 is 0 Å². The Morgan fingerprint density at radius 2 is 1.75 bits per heavy atom. The van der Waals surface area contributed by atoms with Gasteiger partial charge in [0.25, 0.3) is 5.91 Å². The molecule has 1 aliphatic heterocycles. The van der Waals surface area contributed by atoms with E-state index < -0.39 is 5.97 Å². The van der Waals surface area contributed by atoms with Crippen LogP contribution in [-0.2, 0) is 0 Å². The Bertz CT molecular complexity index is 492. The molecule has 0 unspecified atom stereocenters. The minimum Gasteiger partial charge on any atom is -0.475 e. The number of furan rings is 1. The summed E-state index contributed by atoms with van der Waals surface area (Å²) in [6.45, 7) is 5.83. The number of aromatic carboxylic acids is 1. The first-order valence-corrected chi connectivity index (χ1v) is 7.14. The van der Waals surface area contributed by atoms with Gasteiger partial charge in [0, 0.05) is 13.1 Å². The highest BCUT2D eigenvalue weighted by molar-refractivity contribution is 5.93. The van der Waals surface area contributed by atoms with Crippen molar-refractivity contribution in [2.75, 3.05) is 13.1 Å². The van der Waals surface area contributed by atoms with E-state index in [1.165, 1.54) is 12.1 Å². The molecular formula is C15H21NO4. The highest BCUT2D eigenvalue weighted by Crippen LogP contribution is 2.38. The van der Waals surface area contributed by atoms with Crippen molar-refractivity contribution in [3.63, 3.8) is 0 Å². The molecule has 0 aromatic carbocycles. The fraction of sp³-hybridized carbons (Fsp3) is 0.600. The lowest BCUT2D eigenvalue weighted by Gasteiger charge is -2.40. The number of hydrogen-bond donors (Lipinski definition) is 1. The van der Waals surface area contributed by atoms with Gasteiger partial charge in [0.05, 0.1) is 0 Å². The Morgan fingerprint density at radius 1 is 1.20 bits per heavy atom. The number of piperidine rings is 1. The molecule has 1 fully saturated rings. The molecule has 1 amide bonds. The zero-order valence-corrected chi connectivity index (χ0v) is 12.0. The number of carboxylic acid groups (broad SMARTS) is 1. The maximum atomic E-state index is 12.3. The number of carboxylic acids is 1. The first-order valence-electron chi connectivity index (χ1n) is 7.14. The second-order valence-corrected chi connectivity index (χ2v) is 5.47. The Kier molecular flexibility index (Phi) is 4.16. The van der Waals surface area contributed by atoms with E-state index in [9.17, 15) is 9.59 Å². The molecule has 20 heavy (non-hydrogen) atoms. The van der Waals surface area contributed by atoms with Crippen molar-refractivity contribution in [2.24, 2.45) is 5.41 Å². The van der Waals surface area contributed by atoms with E-state index in [2.05, 4.69) is 13.8 Å². The number of amides is 1. The summed E-state index contributed by atoms with van der Waals surface area (Å²) in [7, 11) is 0. The van der Waals surface area contributed by atoms with Gasteiger partial charge in [0.2, 0.25) is 5.76 Å². The maximum Gasteiger partial charge on any atom is 0.371 e. The third-order valence-electron chi connectivity index (χ3n) is 4.64. The predicted octanol–water partition coefficient (Wildman–Crippen LogP) is 3.02. The van der Waals surface area contributed by atoms with E-state index in [1.807, 2.05) is 0 Å². The van der Waals surface area contributed by atoms with Gasteiger partial charge in [-0.3, -0.25) is 4.79 Å². The van der Waals surface area contributed by atoms with Crippen LogP contribution in [0.3, 0.4) is 0 Å². The number of carbonyl (C=O) groups is 2. The minimum absolute atomic E-state index is 0.114. The Morgan fingerprint density at radius 3 is 2.20 bits per heavy atom. The Hall–Kier alpha value is -1.78. The van der Waals surface area contributed by atoms with Crippen molar-refractivity contribution in [1.82, 2.24) is 4.90 Å². The van der Waals surface area contributed by atoms with Crippen LogP contribution in [0.2, 0.25) is 0 Å². The normalized spacial score (nSPS) is 18.0. The monoisotopic (exact) mass is 279 g/mol. The first kappa shape index (κ1) is 14.6. The first-order chi connectivity index (χ1) is 9.51. The second-order valence-electron chi connectivity index (χ2n) is 5.47. The zero-order valence-electron chi connectivity index (χ0n) is 12.0. The molecule has 0 aliphatic carbocycles. The fourth-order valence-corrected chi connectivity index (χ4v) is 2.86. The molecule has 1 aliphatic rings. The van der Waals surface area contributed by atoms with Gasteiger partial charge in [-0.2, -0.15) is 0 Å². The van der Waals surface area contributed by atoms with Gasteiger partial charge in [-0.25, -0.2) is 4.79 Å². The third kappa shape index (κ3) is 2.71. The molecule has 1 aromatic rings. The molecule has 5 heteroatoms. The molecule has 5 nitrogen and oxygen atoms in total. The minimum atomic E-state index is -1.15. The largest absolute Gasteiger partial charge is 0.475 e. The van der Waals surface area contributed by atoms with E-state index >= 15 is 0 Å². The van der Waals surface area contributed by atoms with Crippen molar-refractivity contribution in [2.45, 2.75) is 39.5 Å². The Labute approximate surface area is 118 Å². The van der Waals surface area contributed by atoms with Crippen LogP contribution in [0.4, 0.5) is 0 Å². The van der Waals surface area contributed by atoms with E-state index in [0.717, 1.165) is 25.7 Å². The second kappa shape index (κ2) is 5.69. The van der Waals surface area contributed by atoms with Crippen molar-refractivity contribution >= 4 is 11.9 Å². The molecule has 2 heterocycles. The molecule has 110 valence electrons. The quantitative estimate of drug-likeness (QED) is 0.919. The van der Waals surface area contributed by atoms with Gasteiger partial charge in [-0.05, 0) is 30.4 Å². The van der Waals surface area contributed by atoms with Gasteiger partial charge in [-0.15, -0.1) is 0 Å². The standard InChI is InChI=1S/C15H21NO4/c1-3-15(4-2)7-9-16(10-8-15)13(17)11-5-6-12(20-11)14(18)19/h5-6H,3-4,7-10H2,1-2H3,(H,18,19). The molecule has 2 rings (SSSR count). The zero-order chi connectivity index (χ0) is 14.8. The molecule has 1 saturated heterocycles. The molecule has 1 aromatic heterocycles. The summed E-state index contributed by atoms with van der Waals surface area (Å²) in [6.07, 6.45) is 4.27. The highest BCUT2D eigenvalue weighted by Gasteiger charge is 2.33. The van der Waals surface area contributed by atoms with Crippen molar-refractivity contribution in [3.8, 4) is 0 Å². The van der Waals surface area contributed by atoms with Crippen LogP contribution in [0, 0.1) is 5.41 Å². The molecule has 1 N–H and O–H groups in total. The van der Waals surface area contributed by atoms with E-state index in [4.69, 9.17) is 9.52 Å². The lowest BCUT2D eigenvalue weighted by Crippen LogP contribution is -2.42. The summed E-state index contributed by atoms with van der Waals surface area (Å²) in [5.41, 5.74) is 0.353. The number of rotatable bonds is 4. The summed E-state index contributed by atoms with van der Waals surface area (Å²) in [6, 6.07) is 2.76. The van der Waals surface area contributed by atoms with Crippen LogP contribution in [0.5, 0.6) is 0 Å². The molecule has 0 saturated carbocycles. The summed E-state index contributed by atoms with van der Waals surface area (Å²) >= 11 is 0. The van der Waals surface area contributed by atoms with Crippen LogP contribution in [-0.4, -0.2) is 35.0 Å². The topological polar surface area (TPSA) is 70.8 Å². The van der Waals surface area contributed by atoms with Gasteiger partial charge in [-0.1, -0.05) is 26.7 Å². The van der Waals surface area contributed by atoms with E-state index in [1.54, 1.807) is 4.90 Å². The predicted molar refractivity (Wildman–Crippen MR) is 73.8 cm³/mol. The molecular weight excluding hydrogens is 258 g/mol. The van der Waals surface area contributed by atoms with Crippen molar-refractivity contribution < 1.29 is 19.1 Å². The van der Waals surface area contributed by atoms with Gasteiger partial charge in [0.15, 0.2) is 5.76 Å². The van der Waals surface area contributed by atoms with Crippen LogP contribution < -0.4 is 0 Å². The van der Waals surface area contributed by atoms with Crippen LogP contribution in [0.15, 0.2) is 16.5 Å². The van der Waals surface area contributed by atoms with Gasteiger partial charge in [0.1, 0.15) is 0 Å². The van der Waals surface area contributed by atoms with Crippen LogP contribution in [0.1, 0.15) is 60.6 Å². The maximum absolute atomic E-state index is 12.3. The molecule has 0 spiro atoms. The summed E-state index contributed by atoms with van der Waals surface area (Å²) in [5.74, 6) is -1.44. The summed E-state index contributed by atoms with van der Waals surface area (Å²) < 4.78 is 5.07. The smallest absolute Gasteiger partial charge is 0.371 e.